The molecule has 1 aromatic heterocycles. The molecule has 0 unspecified atom stereocenters. The van der Waals surface area contributed by atoms with E-state index in [1.165, 1.54) is 6.21 Å². The van der Waals surface area contributed by atoms with Crippen LogP contribution in [0.1, 0.15) is 5.82 Å². The first-order valence-corrected chi connectivity index (χ1v) is 4.39. The fourth-order valence-electron chi connectivity index (χ4n) is 1.36. The van der Waals surface area contributed by atoms with Crippen LogP contribution in [0.2, 0.25) is 5.02 Å². The number of nitrogens with zero attached hydrogens (tertiary/aromatic N) is 3. The highest BCUT2D eigenvalue weighted by Crippen LogP contribution is 2.18. The zero-order valence-electron chi connectivity index (χ0n) is 7.48. The molecule has 2 rings (SSSR count). The summed E-state index contributed by atoms with van der Waals surface area (Å²) in [5.41, 5.74) is 1.74. The first kappa shape index (κ1) is 9.02. The van der Waals surface area contributed by atoms with Gasteiger partial charge in [0.1, 0.15) is 6.21 Å². The Labute approximate surface area is 85.4 Å². The third kappa shape index (κ3) is 1.33. The van der Waals surface area contributed by atoms with Gasteiger partial charge in [-0.2, -0.15) is 0 Å². The number of aromatic nitrogens is 2. The van der Waals surface area contributed by atoms with Gasteiger partial charge in [-0.1, -0.05) is 16.8 Å². The van der Waals surface area contributed by atoms with Crippen LogP contribution in [0.25, 0.3) is 11.0 Å². The summed E-state index contributed by atoms with van der Waals surface area (Å²) in [5, 5.41) is 12.0. The topological polar surface area (TPSA) is 50.4 Å². The number of fused-ring (bicyclic) bond motifs is 1. The summed E-state index contributed by atoms with van der Waals surface area (Å²) < 4.78 is 1.82. The first-order valence-electron chi connectivity index (χ1n) is 4.02. The molecule has 0 atom stereocenters. The molecule has 0 saturated carbocycles. The minimum atomic E-state index is 0.588. The summed E-state index contributed by atoms with van der Waals surface area (Å²) in [7, 11) is 1.85. The van der Waals surface area contributed by atoms with Gasteiger partial charge in [0.15, 0.2) is 5.82 Å². The van der Waals surface area contributed by atoms with Gasteiger partial charge in [-0.15, -0.1) is 0 Å². The fourth-order valence-corrected chi connectivity index (χ4v) is 1.53. The summed E-state index contributed by atoms with van der Waals surface area (Å²) in [4.78, 5) is 4.23. The standard InChI is InChI=1S/C9H8ClN3O/c1-13-8-3-2-6(10)4-7(8)12-9(13)5-11-14/h2-5,14H,1H3. The van der Waals surface area contributed by atoms with E-state index in [9.17, 15) is 0 Å². The molecule has 0 saturated heterocycles. The molecular formula is C9H8ClN3O. The molecule has 0 aliphatic carbocycles. The van der Waals surface area contributed by atoms with Crippen molar-refractivity contribution < 1.29 is 5.21 Å². The predicted octanol–water partition coefficient (Wildman–Crippen LogP) is 2.03. The van der Waals surface area contributed by atoms with Crippen LogP contribution >= 0.6 is 11.6 Å². The van der Waals surface area contributed by atoms with E-state index in [-0.39, 0.29) is 0 Å². The lowest BCUT2D eigenvalue weighted by Gasteiger charge is -1.95. The van der Waals surface area contributed by atoms with Crippen molar-refractivity contribution in [3.05, 3.63) is 29.0 Å². The van der Waals surface area contributed by atoms with Crippen molar-refractivity contribution in [1.29, 1.82) is 0 Å². The van der Waals surface area contributed by atoms with E-state index in [1.807, 2.05) is 17.7 Å². The highest BCUT2D eigenvalue weighted by molar-refractivity contribution is 6.31. The molecule has 1 N–H and O–H groups in total. The number of halogens is 1. The van der Waals surface area contributed by atoms with Crippen LogP contribution in [0.15, 0.2) is 23.4 Å². The maximum absolute atomic E-state index is 8.41. The minimum absolute atomic E-state index is 0.588. The molecule has 5 heteroatoms. The van der Waals surface area contributed by atoms with Crippen molar-refractivity contribution in [2.24, 2.45) is 12.2 Å². The lowest BCUT2D eigenvalue weighted by Crippen LogP contribution is -1.95. The molecule has 2 aromatic rings. The van der Waals surface area contributed by atoms with Crippen molar-refractivity contribution >= 4 is 28.8 Å². The molecule has 0 amide bonds. The molecule has 1 aromatic carbocycles. The molecule has 72 valence electrons. The number of imidazole rings is 1. The van der Waals surface area contributed by atoms with E-state index in [0.29, 0.717) is 10.8 Å². The number of oxime groups is 1. The normalized spacial score (nSPS) is 11.6. The van der Waals surface area contributed by atoms with Gasteiger partial charge in [0.05, 0.1) is 11.0 Å². The Morgan fingerprint density at radius 2 is 2.36 bits per heavy atom. The largest absolute Gasteiger partial charge is 0.411 e. The van der Waals surface area contributed by atoms with Crippen LogP contribution in [0.3, 0.4) is 0 Å². The maximum atomic E-state index is 8.41. The van der Waals surface area contributed by atoms with Crippen LogP contribution in [0.5, 0.6) is 0 Å². The zero-order chi connectivity index (χ0) is 10.1. The molecular weight excluding hydrogens is 202 g/mol. The molecule has 0 aliphatic rings. The summed E-state index contributed by atoms with van der Waals surface area (Å²) in [6.45, 7) is 0. The first-order chi connectivity index (χ1) is 6.72. The van der Waals surface area contributed by atoms with Crippen LogP contribution in [-0.4, -0.2) is 21.0 Å². The van der Waals surface area contributed by atoms with Gasteiger partial charge >= 0.3 is 0 Å². The van der Waals surface area contributed by atoms with Gasteiger partial charge in [0, 0.05) is 12.1 Å². The van der Waals surface area contributed by atoms with Crippen molar-refractivity contribution in [3.63, 3.8) is 0 Å². The van der Waals surface area contributed by atoms with Gasteiger partial charge in [-0.05, 0) is 18.2 Å². The highest BCUT2D eigenvalue weighted by atomic mass is 35.5. The van der Waals surface area contributed by atoms with Crippen molar-refractivity contribution in [3.8, 4) is 0 Å². The Hall–Kier alpha value is -1.55. The minimum Gasteiger partial charge on any atom is -0.411 e. The number of hydrogen-bond acceptors (Lipinski definition) is 3. The van der Waals surface area contributed by atoms with Crippen LogP contribution in [0, 0.1) is 0 Å². The average Bonchev–Trinajstić information content (AvgIpc) is 2.44. The van der Waals surface area contributed by atoms with E-state index in [4.69, 9.17) is 16.8 Å². The molecule has 0 bridgehead atoms. The quantitative estimate of drug-likeness (QED) is 0.444. The lowest BCUT2D eigenvalue weighted by atomic mass is 10.3. The Bertz CT molecular complexity index is 504. The van der Waals surface area contributed by atoms with E-state index in [0.717, 1.165) is 11.0 Å². The second kappa shape index (κ2) is 3.31. The summed E-state index contributed by atoms with van der Waals surface area (Å²) in [6.07, 6.45) is 1.29. The molecule has 14 heavy (non-hydrogen) atoms. The second-order valence-electron chi connectivity index (χ2n) is 2.91. The van der Waals surface area contributed by atoms with Gasteiger partial charge in [-0.25, -0.2) is 4.98 Å². The van der Waals surface area contributed by atoms with Gasteiger partial charge < -0.3 is 9.77 Å². The summed E-state index contributed by atoms with van der Waals surface area (Å²) >= 11 is 5.83. The summed E-state index contributed by atoms with van der Waals surface area (Å²) in [5.74, 6) is 0.588. The average molecular weight is 210 g/mol. The molecule has 1 heterocycles. The van der Waals surface area contributed by atoms with Crippen molar-refractivity contribution in [1.82, 2.24) is 9.55 Å². The van der Waals surface area contributed by atoms with Gasteiger partial charge in [0.2, 0.25) is 0 Å². The van der Waals surface area contributed by atoms with Crippen molar-refractivity contribution in [2.75, 3.05) is 0 Å². The van der Waals surface area contributed by atoms with Crippen LogP contribution in [0.4, 0.5) is 0 Å². The Balaban J connectivity index is 2.73. The second-order valence-corrected chi connectivity index (χ2v) is 3.34. The fraction of sp³-hybridized carbons (Fsp3) is 0.111. The number of hydrogen-bond donors (Lipinski definition) is 1. The third-order valence-corrected chi connectivity index (χ3v) is 2.29. The van der Waals surface area contributed by atoms with Crippen LogP contribution in [-0.2, 0) is 7.05 Å². The Kier molecular flexibility index (Phi) is 2.13. The number of aryl methyl sites for hydroxylation is 1. The molecule has 4 nitrogen and oxygen atoms in total. The number of benzene rings is 1. The molecule has 0 aliphatic heterocycles. The number of rotatable bonds is 1. The Morgan fingerprint density at radius 3 is 3.07 bits per heavy atom. The summed E-state index contributed by atoms with van der Waals surface area (Å²) in [6, 6.07) is 5.44. The van der Waals surface area contributed by atoms with Crippen molar-refractivity contribution in [2.45, 2.75) is 0 Å². The van der Waals surface area contributed by atoms with E-state index >= 15 is 0 Å². The maximum Gasteiger partial charge on any atom is 0.155 e. The van der Waals surface area contributed by atoms with E-state index < -0.39 is 0 Å². The van der Waals surface area contributed by atoms with E-state index in [1.54, 1.807) is 12.1 Å². The highest BCUT2D eigenvalue weighted by Gasteiger charge is 2.05. The smallest absolute Gasteiger partial charge is 0.155 e. The molecule has 0 spiro atoms. The Morgan fingerprint density at radius 1 is 1.57 bits per heavy atom. The van der Waals surface area contributed by atoms with Gasteiger partial charge in [-0.3, -0.25) is 0 Å². The van der Waals surface area contributed by atoms with Gasteiger partial charge in [0.25, 0.3) is 0 Å². The monoisotopic (exact) mass is 209 g/mol. The molecule has 0 radical (unpaired) electrons. The lowest BCUT2D eigenvalue weighted by molar-refractivity contribution is 0.321. The van der Waals surface area contributed by atoms with E-state index in [2.05, 4.69) is 10.1 Å². The third-order valence-electron chi connectivity index (χ3n) is 2.05. The molecule has 0 fully saturated rings. The zero-order valence-corrected chi connectivity index (χ0v) is 8.23. The SMILES string of the molecule is Cn1c(C=NO)nc2cc(Cl)ccc21. The van der Waals surface area contributed by atoms with Crippen LogP contribution < -0.4 is 0 Å². The predicted molar refractivity (Wildman–Crippen MR) is 55.1 cm³/mol.